The molecule has 4 heteroatoms. The highest BCUT2D eigenvalue weighted by molar-refractivity contribution is 7.84. The van der Waals surface area contributed by atoms with E-state index in [1.165, 1.54) is 48.8 Å². The fraction of sp³-hybridized carbons (Fsp3) is 0.179. The van der Waals surface area contributed by atoms with Gasteiger partial charge in [0.25, 0.3) is 0 Å². The summed E-state index contributed by atoms with van der Waals surface area (Å²) in [6.07, 6.45) is 0.849. The van der Waals surface area contributed by atoms with Gasteiger partial charge in [0.1, 0.15) is 11.0 Å². The van der Waals surface area contributed by atoms with Crippen LogP contribution in [0.15, 0.2) is 140 Å². The lowest BCUT2D eigenvalue weighted by Gasteiger charge is -2.36. The maximum Gasteiger partial charge on any atom is 0.100 e. The molecule has 0 amide bonds. The van der Waals surface area contributed by atoms with Gasteiger partial charge in [-0.3, -0.25) is 0 Å². The van der Waals surface area contributed by atoms with Gasteiger partial charge in [0.15, 0.2) is 0 Å². The Morgan fingerprint density at radius 3 is 1.65 bits per heavy atom. The Morgan fingerprint density at radius 2 is 1.12 bits per heavy atom. The molecule has 2 nitrogen and oxygen atoms in total. The van der Waals surface area contributed by atoms with Crippen LogP contribution in [-0.2, 0) is 11.0 Å². The summed E-state index contributed by atoms with van der Waals surface area (Å²) in [6, 6.07) is 50.1. The van der Waals surface area contributed by atoms with Crippen LogP contribution in [0, 0.1) is 0 Å². The van der Waals surface area contributed by atoms with Crippen molar-refractivity contribution < 1.29 is 4.21 Å². The van der Waals surface area contributed by atoms with Crippen molar-refractivity contribution in [1.82, 2.24) is 4.31 Å². The summed E-state index contributed by atoms with van der Waals surface area (Å²) in [5, 5.41) is 7.59. The van der Waals surface area contributed by atoms with Crippen LogP contribution in [0.5, 0.6) is 0 Å². The largest absolute Gasteiger partial charge is 0.242 e. The minimum absolute atomic E-state index is 0.0829. The zero-order valence-corrected chi connectivity index (χ0v) is 27.0. The van der Waals surface area contributed by atoms with E-state index in [-0.39, 0.29) is 6.04 Å². The molecule has 0 aromatic heterocycles. The van der Waals surface area contributed by atoms with Crippen molar-refractivity contribution >= 4 is 51.1 Å². The van der Waals surface area contributed by atoms with E-state index < -0.39 is 23.7 Å². The molecule has 0 bridgehead atoms. The van der Waals surface area contributed by atoms with Gasteiger partial charge in [-0.25, -0.2) is 8.51 Å². The van der Waals surface area contributed by atoms with Gasteiger partial charge in [-0.1, -0.05) is 133 Å². The van der Waals surface area contributed by atoms with Crippen LogP contribution >= 0.6 is 7.92 Å². The second kappa shape index (κ2) is 12.5. The molecule has 0 N–H and O–H groups in total. The molecule has 0 aliphatic heterocycles. The lowest BCUT2D eigenvalue weighted by molar-refractivity contribution is 0.422. The quantitative estimate of drug-likeness (QED) is 0.126. The van der Waals surface area contributed by atoms with Crippen LogP contribution in [-0.4, -0.2) is 26.5 Å². The van der Waals surface area contributed by atoms with Gasteiger partial charge >= 0.3 is 0 Å². The molecule has 0 fully saturated rings. The number of hydrogen-bond donors (Lipinski definition) is 0. The third-order valence-electron chi connectivity index (χ3n) is 8.08. The number of nitrogens with zero attached hydrogens (tertiary/aromatic N) is 1. The van der Waals surface area contributed by atoms with E-state index in [0.29, 0.717) is 0 Å². The lowest BCUT2D eigenvalue weighted by Crippen LogP contribution is -2.39. The minimum atomic E-state index is -1.22. The van der Waals surface area contributed by atoms with Crippen LogP contribution < -0.4 is 10.6 Å². The van der Waals surface area contributed by atoms with Crippen molar-refractivity contribution in [3.8, 4) is 11.1 Å². The first-order valence-corrected chi connectivity index (χ1v) is 17.5. The molecule has 6 aromatic rings. The summed E-state index contributed by atoms with van der Waals surface area (Å²) in [5.41, 5.74) is 3.66. The average Bonchev–Trinajstić information content (AvgIpc) is 3.04. The summed E-state index contributed by atoms with van der Waals surface area (Å²) in [7, 11) is 0.0986. The van der Waals surface area contributed by atoms with Crippen molar-refractivity contribution in [3.05, 3.63) is 145 Å². The van der Waals surface area contributed by atoms with Gasteiger partial charge in [-0.2, -0.15) is 0 Å². The first-order valence-electron chi connectivity index (χ1n) is 14.8. The summed E-state index contributed by atoms with van der Waals surface area (Å²) in [6.45, 7) is 6.20. The third-order valence-corrected chi connectivity index (χ3v) is 12.5. The predicted molar refractivity (Wildman–Crippen MR) is 189 cm³/mol. The second-order valence-corrected chi connectivity index (χ2v) is 16.5. The van der Waals surface area contributed by atoms with Gasteiger partial charge in [-0.15, -0.1) is 0 Å². The molecular formula is C39H38NOPS. The van der Waals surface area contributed by atoms with E-state index in [9.17, 15) is 4.21 Å². The van der Waals surface area contributed by atoms with Crippen molar-refractivity contribution in [3.63, 3.8) is 0 Å². The average molecular weight is 600 g/mol. The molecule has 0 saturated carbocycles. The first kappa shape index (κ1) is 29.5. The minimum Gasteiger partial charge on any atom is -0.242 e. The molecule has 6 rings (SSSR count). The molecule has 0 radical (unpaired) electrons. The van der Waals surface area contributed by atoms with Crippen LogP contribution in [0.25, 0.3) is 32.7 Å². The highest BCUT2D eigenvalue weighted by Crippen LogP contribution is 2.45. The number of hydrogen-bond acceptors (Lipinski definition) is 1. The molecule has 0 spiro atoms. The Kier molecular flexibility index (Phi) is 8.59. The monoisotopic (exact) mass is 599 g/mol. The molecule has 1 unspecified atom stereocenters. The lowest BCUT2D eigenvalue weighted by atomic mass is 9.88. The second-order valence-electron chi connectivity index (χ2n) is 12.0. The van der Waals surface area contributed by atoms with Crippen LogP contribution in [0.1, 0.15) is 32.4 Å². The number of fused-ring (bicyclic) bond motifs is 2. The van der Waals surface area contributed by atoms with Crippen molar-refractivity contribution in [2.75, 3.05) is 13.2 Å². The standard InChI is InChI=1S/C39H38NOPS/c1-39(2,3)43(41)40(4)37(28-42(31-19-7-5-8-20-31)32-21-9-6-10-22-32)35-25-15-16-26-36(35)38-33-23-13-11-17-29(33)27-30-18-12-14-24-34(30)38/h5-27,37H,28H2,1-4H3/t37-,43?/m1/s1. The van der Waals surface area contributed by atoms with Crippen molar-refractivity contribution in [1.29, 1.82) is 0 Å². The molecule has 0 aliphatic carbocycles. The smallest absolute Gasteiger partial charge is 0.100 e. The number of benzene rings is 6. The molecule has 0 saturated heterocycles. The Labute approximate surface area is 259 Å². The third kappa shape index (κ3) is 6.08. The fourth-order valence-electron chi connectivity index (χ4n) is 6.02. The van der Waals surface area contributed by atoms with E-state index in [1.807, 2.05) is 7.05 Å². The Balaban J connectivity index is 1.60. The van der Waals surface area contributed by atoms with Gasteiger partial charge in [0, 0.05) is 7.05 Å². The molecule has 6 aromatic carbocycles. The predicted octanol–water partition coefficient (Wildman–Crippen LogP) is 9.23. The summed E-state index contributed by atoms with van der Waals surface area (Å²) in [5.74, 6) is 0. The van der Waals surface area contributed by atoms with Gasteiger partial charge < -0.3 is 0 Å². The van der Waals surface area contributed by atoms with Gasteiger partial charge in [-0.05, 0) is 89.8 Å². The topological polar surface area (TPSA) is 20.3 Å². The van der Waals surface area contributed by atoms with Crippen LogP contribution in [0.4, 0.5) is 0 Å². The van der Waals surface area contributed by atoms with Crippen LogP contribution in [0.3, 0.4) is 0 Å². The highest BCUT2D eigenvalue weighted by Gasteiger charge is 2.33. The zero-order valence-electron chi connectivity index (χ0n) is 25.3. The molecule has 216 valence electrons. The zero-order chi connectivity index (χ0) is 30.0. The SMILES string of the molecule is CN([C@H](CP(c1ccccc1)c1ccccc1)c1ccccc1-c1c2ccccc2cc2ccccc12)S(=O)C(C)(C)C. The molecule has 2 atom stereocenters. The van der Waals surface area contributed by atoms with Gasteiger partial charge in [0.05, 0.1) is 10.8 Å². The number of rotatable bonds is 8. The fourth-order valence-corrected chi connectivity index (χ4v) is 9.99. The maximum atomic E-state index is 14.2. The molecule has 43 heavy (non-hydrogen) atoms. The summed E-state index contributed by atoms with van der Waals surface area (Å²) in [4.78, 5) is 0. The molecular weight excluding hydrogens is 561 g/mol. The van der Waals surface area contributed by atoms with E-state index in [0.717, 1.165) is 6.16 Å². The molecule has 0 aliphatic rings. The molecule has 0 heterocycles. The van der Waals surface area contributed by atoms with E-state index in [1.54, 1.807) is 0 Å². The van der Waals surface area contributed by atoms with Gasteiger partial charge in [0.2, 0.25) is 0 Å². The maximum absolute atomic E-state index is 14.2. The Hall–Kier alpha value is -3.62. The van der Waals surface area contributed by atoms with E-state index >= 15 is 0 Å². The van der Waals surface area contributed by atoms with E-state index in [4.69, 9.17) is 0 Å². The van der Waals surface area contributed by atoms with Crippen molar-refractivity contribution in [2.45, 2.75) is 31.6 Å². The Morgan fingerprint density at radius 1 is 0.651 bits per heavy atom. The Bertz CT molecular complexity index is 1790. The van der Waals surface area contributed by atoms with Crippen molar-refractivity contribution in [2.24, 2.45) is 0 Å². The van der Waals surface area contributed by atoms with Crippen LogP contribution in [0.2, 0.25) is 0 Å². The first-order chi connectivity index (χ1) is 20.8. The summed E-state index contributed by atoms with van der Waals surface area (Å²) >= 11 is 0. The highest BCUT2D eigenvalue weighted by atomic mass is 32.2. The summed E-state index contributed by atoms with van der Waals surface area (Å²) < 4.78 is 15.9. The normalized spacial score (nSPS) is 13.5. The van der Waals surface area contributed by atoms with E-state index in [2.05, 4.69) is 165 Å².